The number of carbonyl (C=O) groups is 1. The number of aliphatic hydroxyl groups excluding tert-OH is 1. The normalized spacial score (nSPS) is 16.9. The Labute approximate surface area is 134 Å². The van der Waals surface area contributed by atoms with Gasteiger partial charge in [-0.1, -0.05) is 0 Å². The van der Waals surface area contributed by atoms with Crippen molar-refractivity contribution in [3.63, 3.8) is 0 Å². The highest BCUT2D eigenvalue weighted by molar-refractivity contribution is 5.88. The first kappa shape index (κ1) is 15.5. The molecule has 0 radical (unpaired) electrons. The van der Waals surface area contributed by atoms with Crippen LogP contribution in [0.5, 0.6) is 0 Å². The predicted molar refractivity (Wildman–Crippen MR) is 85.1 cm³/mol. The number of nitrogens with zero attached hydrogens (tertiary/aromatic N) is 4. The second kappa shape index (κ2) is 6.41. The van der Waals surface area contributed by atoms with Gasteiger partial charge in [0.15, 0.2) is 0 Å². The molecule has 0 unspecified atom stereocenters. The van der Waals surface area contributed by atoms with E-state index in [4.69, 9.17) is 5.11 Å². The number of nitrogens with one attached hydrogen (secondary N) is 2. The summed E-state index contributed by atoms with van der Waals surface area (Å²) in [6.07, 6.45) is 4.59. The summed E-state index contributed by atoms with van der Waals surface area (Å²) in [6.45, 7) is 2.43. The molecule has 1 aliphatic carbocycles. The Hall–Kier alpha value is -2.35. The third-order valence-corrected chi connectivity index (χ3v) is 4.12. The Bertz CT molecular complexity index is 705. The summed E-state index contributed by atoms with van der Waals surface area (Å²) in [7, 11) is 1.79. The largest absolute Gasteiger partial charge is 0.394 e. The summed E-state index contributed by atoms with van der Waals surface area (Å²) in [5.74, 6) is 0.659. The van der Waals surface area contributed by atoms with Gasteiger partial charge in [0.25, 0.3) is 0 Å². The fraction of sp³-hybridized carbons (Fsp3) is 0.533. The van der Waals surface area contributed by atoms with Gasteiger partial charge < -0.3 is 10.4 Å². The van der Waals surface area contributed by atoms with Crippen molar-refractivity contribution in [2.24, 2.45) is 7.05 Å². The number of hydrogen-bond acceptors (Lipinski definition) is 4. The molecule has 1 aliphatic rings. The first-order valence-corrected chi connectivity index (χ1v) is 7.82. The van der Waals surface area contributed by atoms with Crippen LogP contribution >= 0.6 is 0 Å². The average molecular weight is 318 g/mol. The number of aromatic nitrogens is 4. The number of amides is 2. The SMILES string of the molecule is Cc1cc(NC(=O)N[C@H]2CCCc3c2cnn3CCO)n(C)n1. The summed E-state index contributed by atoms with van der Waals surface area (Å²) < 4.78 is 3.46. The number of fused-ring (bicyclic) bond motifs is 1. The highest BCUT2D eigenvalue weighted by Gasteiger charge is 2.25. The quantitative estimate of drug-likeness (QED) is 0.787. The lowest BCUT2D eigenvalue weighted by atomic mass is 9.93. The monoisotopic (exact) mass is 318 g/mol. The Morgan fingerprint density at radius 2 is 2.35 bits per heavy atom. The van der Waals surface area contributed by atoms with Crippen LogP contribution in [0.4, 0.5) is 10.6 Å². The van der Waals surface area contributed by atoms with Gasteiger partial charge >= 0.3 is 6.03 Å². The van der Waals surface area contributed by atoms with E-state index in [1.54, 1.807) is 17.9 Å². The van der Waals surface area contributed by atoms with E-state index in [1.165, 1.54) is 0 Å². The van der Waals surface area contributed by atoms with Crippen LogP contribution in [0.2, 0.25) is 0 Å². The predicted octanol–water partition coefficient (Wildman–Crippen LogP) is 1.12. The molecule has 0 saturated heterocycles. The first-order valence-electron chi connectivity index (χ1n) is 7.82. The van der Waals surface area contributed by atoms with Crippen molar-refractivity contribution in [2.45, 2.75) is 38.8 Å². The van der Waals surface area contributed by atoms with Crippen molar-refractivity contribution in [1.82, 2.24) is 24.9 Å². The Kier molecular flexibility index (Phi) is 4.33. The standard InChI is InChI=1S/C15H22N6O2/c1-10-8-14(20(2)19-10)18-15(23)17-12-4-3-5-13-11(12)9-16-21(13)6-7-22/h8-9,12,22H,3-7H2,1-2H3,(H2,17,18,23)/t12-/m0/s1. The highest BCUT2D eigenvalue weighted by atomic mass is 16.3. The van der Waals surface area contributed by atoms with Crippen LogP contribution in [0.1, 0.15) is 35.8 Å². The number of aryl methyl sites for hydroxylation is 2. The van der Waals surface area contributed by atoms with Gasteiger partial charge in [-0.3, -0.25) is 14.7 Å². The molecule has 0 spiro atoms. The lowest BCUT2D eigenvalue weighted by Gasteiger charge is -2.24. The van der Waals surface area contributed by atoms with Crippen molar-refractivity contribution >= 4 is 11.8 Å². The van der Waals surface area contributed by atoms with Crippen LogP contribution in [0.15, 0.2) is 12.3 Å². The Morgan fingerprint density at radius 1 is 1.52 bits per heavy atom. The molecule has 124 valence electrons. The number of anilines is 1. The molecule has 2 aromatic heterocycles. The van der Waals surface area contributed by atoms with E-state index in [9.17, 15) is 4.79 Å². The zero-order chi connectivity index (χ0) is 16.4. The zero-order valence-corrected chi connectivity index (χ0v) is 13.4. The minimum atomic E-state index is -0.249. The van der Waals surface area contributed by atoms with E-state index >= 15 is 0 Å². The van der Waals surface area contributed by atoms with Crippen molar-refractivity contribution < 1.29 is 9.90 Å². The minimum Gasteiger partial charge on any atom is -0.394 e. The summed E-state index contributed by atoms with van der Waals surface area (Å²) in [4.78, 5) is 12.3. The van der Waals surface area contributed by atoms with Crippen molar-refractivity contribution in [3.05, 3.63) is 29.2 Å². The van der Waals surface area contributed by atoms with E-state index < -0.39 is 0 Å². The molecule has 0 saturated carbocycles. The molecule has 0 aromatic carbocycles. The van der Waals surface area contributed by atoms with E-state index in [2.05, 4.69) is 20.8 Å². The number of hydrogen-bond donors (Lipinski definition) is 3. The topological polar surface area (TPSA) is 97.0 Å². The molecular formula is C15H22N6O2. The molecule has 23 heavy (non-hydrogen) atoms. The van der Waals surface area contributed by atoms with Crippen LogP contribution in [-0.4, -0.2) is 37.3 Å². The lowest BCUT2D eigenvalue weighted by molar-refractivity contribution is 0.246. The summed E-state index contributed by atoms with van der Waals surface area (Å²) in [5, 5.41) is 23.5. The van der Waals surface area contributed by atoms with Gasteiger partial charge in [0.05, 0.1) is 31.1 Å². The smallest absolute Gasteiger partial charge is 0.320 e. The van der Waals surface area contributed by atoms with Crippen molar-refractivity contribution in [1.29, 1.82) is 0 Å². The maximum absolute atomic E-state index is 12.3. The second-order valence-electron chi connectivity index (χ2n) is 5.83. The molecule has 1 atom stereocenters. The van der Waals surface area contributed by atoms with Crippen LogP contribution in [0.3, 0.4) is 0 Å². The Morgan fingerprint density at radius 3 is 3.04 bits per heavy atom. The fourth-order valence-corrected chi connectivity index (χ4v) is 3.09. The van der Waals surface area contributed by atoms with Gasteiger partial charge in [-0.15, -0.1) is 0 Å². The van der Waals surface area contributed by atoms with Crippen molar-refractivity contribution in [3.8, 4) is 0 Å². The Balaban J connectivity index is 1.69. The van der Waals surface area contributed by atoms with Gasteiger partial charge in [-0.2, -0.15) is 10.2 Å². The molecule has 0 bridgehead atoms. The second-order valence-corrected chi connectivity index (χ2v) is 5.83. The lowest BCUT2D eigenvalue weighted by Crippen LogP contribution is -2.34. The van der Waals surface area contributed by atoms with Gasteiger partial charge in [-0.25, -0.2) is 4.79 Å². The molecule has 0 fully saturated rings. The van der Waals surface area contributed by atoms with Gasteiger partial charge in [-0.05, 0) is 26.2 Å². The van der Waals surface area contributed by atoms with Crippen LogP contribution in [0, 0.1) is 6.92 Å². The van der Waals surface area contributed by atoms with Crippen LogP contribution in [0.25, 0.3) is 0 Å². The van der Waals surface area contributed by atoms with Gasteiger partial charge in [0.1, 0.15) is 5.82 Å². The van der Waals surface area contributed by atoms with E-state index in [0.29, 0.717) is 12.4 Å². The number of aliphatic hydroxyl groups is 1. The van der Waals surface area contributed by atoms with Crippen LogP contribution in [-0.2, 0) is 20.0 Å². The maximum Gasteiger partial charge on any atom is 0.320 e. The number of rotatable bonds is 4. The third kappa shape index (κ3) is 3.21. The van der Waals surface area contributed by atoms with Gasteiger partial charge in [0.2, 0.25) is 0 Å². The summed E-state index contributed by atoms with van der Waals surface area (Å²) >= 11 is 0. The zero-order valence-electron chi connectivity index (χ0n) is 13.4. The first-order chi connectivity index (χ1) is 11.1. The molecule has 8 nitrogen and oxygen atoms in total. The van der Waals surface area contributed by atoms with E-state index in [0.717, 1.165) is 36.2 Å². The fourth-order valence-electron chi connectivity index (χ4n) is 3.09. The molecule has 8 heteroatoms. The van der Waals surface area contributed by atoms with Gasteiger partial charge in [0, 0.05) is 24.4 Å². The summed E-state index contributed by atoms with van der Waals surface area (Å²) in [5.41, 5.74) is 3.00. The number of urea groups is 1. The number of carbonyl (C=O) groups excluding carboxylic acids is 1. The molecule has 0 aliphatic heterocycles. The molecule has 2 amide bonds. The van der Waals surface area contributed by atoms with Crippen molar-refractivity contribution in [2.75, 3.05) is 11.9 Å². The molecule has 3 N–H and O–H groups in total. The molecule has 3 rings (SSSR count). The summed E-state index contributed by atoms with van der Waals surface area (Å²) in [6, 6.07) is 1.52. The highest BCUT2D eigenvalue weighted by Crippen LogP contribution is 2.29. The maximum atomic E-state index is 12.3. The average Bonchev–Trinajstić information content (AvgIpc) is 3.04. The third-order valence-electron chi connectivity index (χ3n) is 4.12. The van der Waals surface area contributed by atoms with Crippen LogP contribution < -0.4 is 10.6 Å². The molecule has 2 heterocycles. The minimum absolute atomic E-state index is 0.0551. The van der Waals surface area contributed by atoms with E-state index in [-0.39, 0.29) is 18.7 Å². The molecule has 2 aromatic rings. The van der Waals surface area contributed by atoms with E-state index in [1.807, 2.05) is 17.7 Å². The molecular weight excluding hydrogens is 296 g/mol.